The molecule has 0 amide bonds. The Morgan fingerprint density at radius 3 is 1.66 bits per heavy atom. The van der Waals surface area contributed by atoms with Gasteiger partial charge in [-0.15, -0.1) is 0 Å². The molecule has 210 valence electrons. The number of nitrogens with zero attached hydrogens (tertiary/aromatic N) is 1. The monoisotopic (exact) mass is 572 g/mol. The van der Waals surface area contributed by atoms with Crippen LogP contribution in [-0.2, 0) is 23.8 Å². The largest absolute Gasteiger partial charge is 0.478 e. The quantitative estimate of drug-likeness (QED) is 0.0939. The summed E-state index contributed by atoms with van der Waals surface area (Å²) in [5, 5.41) is 14.3. The van der Waals surface area contributed by atoms with Gasteiger partial charge in [0.2, 0.25) is 5.31 Å². The van der Waals surface area contributed by atoms with Crippen molar-refractivity contribution in [3.05, 3.63) is 126 Å². The van der Waals surface area contributed by atoms with Crippen LogP contribution >= 0.6 is 7.26 Å². The zero-order valence-electron chi connectivity index (χ0n) is 23.0. The maximum atomic E-state index is 13.8. The highest BCUT2D eigenvalue weighted by molar-refractivity contribution is 7.99. The molecule has 4 aromatic rings. The normalized spacial score (nSPS) is 12.6. The summed E-state index contributed by atoms with van der Waals surface area (Å²) in [5.41, 5.74) is -0.104. The molecular weight excluding hydrogens is 541 g/mol. The summed E-state index contributed by atoms with van der Waals surface area (Å²) in [4.78, 5) is 39.5. The Balaban J connectivity index is 2.17. The summed E-state index contributed by atoms with van der Waals surface area (Å²) in [7, 11) is -0.603. The molecule has 9 heteroatoms. The molecule has 1 heterocycles. The molecule has 1 aromatic heterocycles. The number of esters is 2. The van der Waals surface area contributed by atoms with Crippen LogP contribution in [0.15, 0.2) is 121 Å². The lowest BCUT2D eigenvalue weighted by atomic mass is 10.2. The van der Waals surface area contributed by atoms with Crippen molar-refractivity contribution in [2.75, 3.05) is 20.8 Å². The number of rotatable bonds is 11. The topological polar surface area (TPSA) is 104 Å². The van der Waals surface area contributed by atoms with Gasteiger partial charge in [0.1, 0.15) is 15.9 Å². The smallest absolute Gasteiger partial charge is 0.381 e. The van der Waals surface area contributed by atoms with E-state index in [0.29, 0.717) is 0 Å². The molecule has 1 N–H and O–H groups in total. The fourth-order valence-corrected chi connectivity index (χ4v) is 9.51. The number of Topliss-reactive ketones (excluding diaryl/α,β-unsaturated/α-hetero) is 1. The number of carbonyl (C=O) groups excluding carboxylic acids is 3. The number of carbonyl (C=O) groups is 3. The molecule has 3 aromatic carbocycles. The average Bonchev–Trinajstić information content (AvgIpc) is 3.51. The first-order chi connectivity index (χ1) is 19.9. The third-order valence-corrected chi connectivity index (χ3v) is 11.0. The number of hydrogen-bond donors (Lipinski definition) is 1. The van der Waals surface area contributed by atoms with Crippen LogP contribution in [0.3, 0.4) is 0 Å². The maximum Gasteiger partial charge on any atom is 0.381 e. The van der Waals surface area contributed by atoms with Crippen molar-refractivity contribution in [1.82, 2.24) is 4.57 Å². The number of aliphatic hydroxyl groups is 1. The van der Waals surface area contributed by atoms with E-state index in [-0.39, 0.29) is 17.6 Å². The van der Waals surface area contributed by atoms with E-state index in [9.17, 15) is 19.5 Å². The van der Waals surface area contributed by atoms with Gasteiger partial charge in [0.25, 0.3) is 5.78 Å². The molecule has 0 saturated heterocycles. The third kappa shape index (κ3) is 5.52. The lowest BCUT2D eigenvalue weighted by Crippen LogP contribution is -2.38. The highest BCUT2D eigenvalue weighted by Crippen LogP contribution is 2.66. The van der Waals surface area contributed by atoms with Crippen LogP contribution in [0.25, 0.3) is 0 Å². The Kier molecular flexibility index (Phi) is 9.37. The minimum absolute atomic E-state index is 0.00594. The van der Waals surface area contributed by atoms with E-state index >= 15 is 0 Å². The molecule has 0 radical (unpaired) electrons. The third-order valence-electron chi connectivity index (χ3n) is 6.64. The fourth-order valence-electron chi connectivity index (χ4n) is 4.95. The lowest BCUT2D eigenvalue weighted by Gasteiger charge is -2.33. The van der Waals surface area contributed by atoms with E-state index < -0.39 is 37.0 Å². The Labute approximate surface area is 239 Å². The summed E-state index contributed by atoms with van der Waals surface area (Å²) in [6, 6.07) is 30.1. The molecule has 8 nitrogen and oxygen atoms in total. The first-order valence-corrected chi connectivity index (χ1v) is 14.7. The minimum atomic E-state index is -3.13. The van der Waals surface area contributed by atoms with Crippen molar-refractivity contribution in [3.8, 4) is 0 Å². The Morgan fingerprint density at radius 1 is 0.756 bits per heavy atom. The Morgan fingerprint density at radius 2 is 1.24 bits per heavy atom. The molecule has 4 rings (SSSR count). The van der Waals surface area contributed by atoms with Gasteiger partial charge in [0.15, 0.2) is 13.3 Å². The molecule has 0 aliphatic carbocycles. The van der Waals surface area contributed by atoms with Crippen LogP contribution < -0.4 is 15.9 Å². The summed E-state index contributed by atoms with van der Waals surface area (Å²) in [5.74, 6) is -3.28. The van der Waals surface area contributed by atoms with Gasteiger partial charge in [0, 0.05) is 6.20 Å². The highest BCUT2D eigenvalue weighted by Gasteiger charge is 2.57. The number of ketones is 1. The number of benzene rings is 3. The van der Waals surface area contributed by atoms with Crippen LogP contribution in [0.2, 0.25) is 0 Å². The van der Waals surface area contributed by atoms with Crippen molar-refractivity contribution in [1.29, 1.82) is 0 Å². The zero-order valence-corrected chi connectivity index (χ0v) is 23.9. The van der Waals surface area contributed by atoms with Crippen LogP contribution in [0.5, 0.6) is 0 Å². The second-order valence-electron chi connectivity index (χ2n) is 8.85. The molecule has 1 atom stereocenters. The van der Waals surface area contributed by atoms with Gasteiger partial charge < -0.3 is 23.9 Å². The standard InChI is InChI=1S/C32H30NO7P/c1-4-40-31(36)28(34)26-21-14-22-33(26)27(30(35)38-2)29(32(37)39-3)41(23-15-8-5-9-16-23,24-17-10-6-11-18-24)25-19-12-7-13-20-25/h5-22,27H,4H2,1-3H3/p+1/b32-29-. The van der Waals surface area contributed by atoms with E-state index in [1.165, 1.54) is 37.1 Å². The second kappa shape index (κ2) is 13.1. The van der Waals surface area contributed by atoms with Crippen molar-refractivity contribution in [2.45, 2.75) is 13.0 Å². The van der Waals surface area contributed by atoms with E-state index in [4.69, 9.17) is 14.2 Å². The molecule has 0 aliphatic heterocycles. The van der Waals surface area contributed by atoms with Crippen LogP contribution in [0, 0.1) is 0 Å². The molecular formula is C32H31NO7P+. The lowest BCUT2D eigenvalue weighted by molar-refractivity contribution is -0.143. The van der Waals surface area contributed by atoms with E-state index in [0.717, 1.165) is 15.9 Å². The number of methoxy groups -OCH3 is 2. The molecule has 0 fully saturated rings. The average molecular weight is 573 g/mol. The summed E-state index contributed by atoms with van der Waals surface area (Å²) in [6.45, 7) is 1.60. The highest BCUT2D eigenvalue weighted by atomic mass is 31.2. The predicted octanol–water partition coefficient (Wildman–Crippen LogP) is 4.32. The van der Waals surface area contributed by atoms with Gasteiger partial charge in [-0.1, -0.05) is 54.6 Å². The molecule has 0 bridgehead atoms. The number of ether oxygens (including phenoxy) is 3. The van der Waals surface area contributed by atoms with Crippen molar-refractivity contribution < 1.29 is 33.7 Å². The van der Waals surface area contributed by atoms with Crippen LogP contribution in [0.1, 0.15) is 23.5 Å². The van der Waals surface area contributed by atoms with Gasteiger partial charge in [-0.3, -0.25) is 4.79 Å². The van der Waals surface area contributed by atoms with Gasteiger partial charge in [-0.2, -0.15) is 0 Å². The van der Waals surface area contributed by atoms with Gasteiger partial charge in [-0.25, -0.2) is 9.59 Å². The Hall–Kier alpha value is -4.68. The number of hydrogen-bond acceptors (Lipinski definition) is 7. The summed E-state index contributed by atoms with van der Waals surface area (Å²) >= 11 is 0. The predicted molar refractivity (Wildman–Crippen MR) is 158 cm³/mol. The molecule has 0 spiro atoms. The molecule has 0 saturated carbocycles. The summed E-state index contributed by atoms with van der Waals surface area (Å²) < 4.78 is 17.1. The minimum Gasteiger partial charge on any atom is -0.478 e. The summed E-state index contributed by atoms with van der Waals surface area (Å²) in [6.07, 6.45) is 1.49. The van der Waals surface area contributed by atoms with Gasteiger partial charge >= 0.3 is 17.9 Å². The number of aliphatic hydroxyl groups excluding tert-OH is 1. The van der Waals surface area contributed by atoms with Crippen LogP contribution in [0.4, 0.5) is 0 Å². The van der Waals surface area contributed by atoms with Crippen molar-refractivity contribution in [3.63, 3.8) is 0 Å². The molecule has 41 heavy (non-hydrogen) atoms. The molecule has 0 aliphatic rings. The fraction of sp³-hybridized carbons (Fsp3) is 0.156. The van der Waals surface area contributed by atoms with Gasteiger partial charge in [-0.05, 0) is 55.5 Å². The van der Waals surface area contributed by atoms with E-state index in [1.807, 2.05) is 91.0 Å². The van der Waals surface area contributed by atoms with Crippen molar-refractivity contribution in [2.24, 2.45) is 0 Å². The Bertz CT molecular complexity index is 1440. The van der Waals surface area contributed by atoms with E-state index in [2.05, 4.69) is 0 Å². The number of aromatic nitrogens is 1. The zero-order chi connectivity index (χ0) is 29.4. The van der Waals surface area contributed by atoms with Gasteiger partial charge in [0.05, 0.1) is 26.5 Å². The first-order valence-electron chi connectivity index (χ1n) is 12.9. The van der Waals surface area contributed by atoms with Crippen molar-refractivity contribution >= 4 is 40.9 Å². The second-order valence-corrected chi connectivity index (χ2v) is 12.2. The van der Waals surface area contributed by atoms with E-state index in [1.54, 1.807) is 6.92 Å². The SMILES string of the molecule is CCOC(=O)C(=O)c1cccn1C(C(=O)OC)/C(=C(\O)OC)[P+](c1ccccc1)(c1ccccc1)c1ccccc1. The first kappa shape index (κ1) is 29.3. The van der Waals surface area contributed by atoms with Crippen LogP contribution in [-0.4, -0.2) is 48.2 Å². The maximum absolute atomic E-state index is 13.8. The molecule has 1 unspecified atom stereocenters.